The number of hydrogen-bond acceptors (Lipinski definition) is 6. The van der Waals surface area contributed by atoms with Crippen LogP contribution in [0.4, 0.5) is 14.5 Å². The van der Waals surface area contributed by atoms with Crippen molar-refractivity contribution in [3.05, 3.63) is 39.7 Å². The maximum atomic E-state index is 13.9. The molecule has 0 spiro atoms. The van der Waals surface area contributed by atoms with Crippen LogP contribution >= 0.6 is 0 Å². The van der Waals surface area contributed by atoms with Gasteiger partial charge in [0.1, 0.15) is 5.82 Å². The summed E-state index contributed by atoms with van der Waals surface area (Å²) in [6, 6.07) is 0.996. The number of benzene rings is 1. The molecular formula is C11H10F2N4O3. The average Bonchev–Trinajstić information content (AvgIpc) is 2.78. The highest BCUT2D eigenvalue weighted by atomic mass is 19.1. The van der Waals surface area contributed by atoms with E-state index >= 15 is 0 Å². The molecule has 0 radical (unpaired) electrons. The summed E-state index contributed by atoms with van der Waals surface area (Å²) in [5.41, 5.74) is 4.09. The predicted octanol–water partition coefficient (Wildman–Crippen LogP) is 1.81. The van der Waals surface area contributed by atoms with Crippen LogP contribution in [0.5, 0.6) is 0 Å². The SMILES string of the molecule is CC(N)Cc1noc(-c2cc(F)cc([N+](=O)[O-])c2F)n1. The van der Waals surface area contributed by atoms with Gasteiger partial charge in [-0.2, -0.15) is 9.37 Å². The fraction of sp³-hybridized carbons (Fsp3) is 0.273. The molecule has 1 atom stereocenters. The van der Waals surface area contributed by atoms with Gasteiger partial charge in [-0.1, -0.05) is 5.16 Å². The average molecular weight is 284 g/mol. The van der Waals surface area contributed by atoms with Gasteiger partial charge in [0.05, 0.1) is 16.6 Å². The van der Waals surface area contributed by atoms with Crippen LogP contribution in [0.3, 0.4) is 0 Å². The van der Waals surface area contributed by atoms with Gasteiger partial charge in [0.15, 0.2) is 5.82 Å². The molecule has 0 aliphatic rings. The van der Waals surface area contributed by atoms with E-state index in [9.17, 15) is 18.9 Å². The number of nitro benzene ring substituents is 1. The van der Waals surface area contributed by atoms with Crippen LogP contribution in [0.15, 0.2) is 16.7 Å². The van der Waals surface area contributed by atoms with Crippen molar-refractivity contribution >= 4 is 5.69 Å². The molecule has 9 heteroatoms. The number of nitrogens with zero attached hydrogens (tertiary/aromatic N) is 3. The van der Waals surface area contributed by atoms with Crippen molar-refractivity contribution in [3.63, 3.8) is 0 Å². The normalized spacial score (nSPS) is 12.4. The Hall–Kier alpha value is -2.42. The number of nitro groups is 1. The molecule has 0 amide bonds. The zero-order valence-corrected chi connectivity index (χ0v) is 10.3. The summed E-state index contributed by atoms with van der Waals surface area (Å²) in [4.78, 5) is 13.4. The molecule has 0 aliphatic heterocycles. The first-order valence-electron chi connectivity index (χ1n) is 5.60. The lowest BCUT2D eigenvalue weighted by Crippen LogP contribution is -2.18. The molecule has 1 aromatic carbocycles. The van der Waals surface area contributed by atoms with Gasteiger partial charge in [-0.15, -0.1) is 0 Å². The van der Waals surface area contributed by atoms with Crippen molar-refractivity contribution in [1.29, 1.82) is 0 Å². The fourth-order valence-electron chi connectivity index (χ4n) is 1.60. The van der Waals surface area contributed by atoms with Gasteiger partial charge in [-0.3, -0.25) is 10.1 Å². The van der Waals surface area contributed by atoms with Crippen LogP contribution in [0.1, 0.15) is 12.7 Å². The summed E-state index contributed by atoms with van der Waals surface area (Å²) >= 11 is 0. The molecule has 1 heterocycles. The van der Waals surface area contributed by atoms with Crippen molar-refractivity contribution < 1.29 is 18.2 Å². The summed E-state index contributed by atoms with van der Waals surface area (Å²) in [6.45, 7) is 1.71. The van der Waals surface area contributed by atoms with Crippen molar-refractivity contribution in [1.82, 2.24) is 10.1 Å². The Kier molecular flexibility index (Phi) is 3.70. The molecule has 106 valence electrons. The molecule has 0 fully saturated rings. The Bertz CT molecular complexity index is 657. The molecular weight excluding hydrogens is 274 g/mol. The highest BCUT2D eigenvalue weighted by Gasteiger charge is 2.24. The first-order valence-corrected chi connectivity index (χ1v) is 5.60. The summed E-state index contributed by atoms with van der Waals surface area (Å²) in [5.74, 6) is -2.32. The molecule has 0 aliphatic carbocycles. The Morgan fingerprint density at radius 1 is 1.50 bits per heavy atom. The molecule has 7 nitrogen and oxygen atoms in total. The standard InChI is InChI=1S/C11H10F2N4O3/c1-5(14)2-9-15-11(20-16-9)7-3-6(12)4-8(10(7)13)17(18)19/h3-5H,2,14H2,1H3. The van der Waals surface area contributed by atoms with Gasteiger partial charge in [0.2, 0.25) is 5.82 Å². The minimum atomic E-state index is -1.23. The molecule has 2 N–H and O–H groups in total. The van der Waals surface area contributed by atoms with Gasteiger partial charge in [-0.05, 0) is 13.0 Å². The van der Waals surface area contributed by atoms with Gasteiger partial charge < -0.3 is 10.3 Å². The van der Waals surface area contributed by atoms with Crippen LogP contribution in [0.25, 0.3) is 11.5 Å². The summed E-state index contributed by atoms with van der Waals surface area (Å²) in [6.07, 6.45) is 0.280. The van der Waals surface area contributed by atoms with Crippen LogP contribution < -0.4 is 5.73 Å². The van der Waals surface area contributed by atoms with E-state index in [2.05, 4.69) is 10.1 Å². The Morgan fingerprint density at radius 2 is 2.20 bits per heavy atom. The Balaban J connectivity index is 2.47. The number of aromatic nitrogens is 2. The number of nitrogens with two attached hydrogens (primary N) is 1. The van der Waals surface area contributed by atoms with Gasteiger partial charge >= 0.3 is 5.69 Å². The van der Waals surface area contributed by atoms with E-state index in [1.54, 1.807) is 6.92 Å². The van der Waals surface area contributed by atoms with Crippen molar-refractivity contribution in [2.75, 3.05) is 0 Å². The molecule has 2 rings (SSSR count). The van der Waals surface area contributed by atoms with Crippen LogP contribution in [0, 0.1) is 21.7 Å². The predicted molar refractivity (Wildman–Crippen MR) is 63.7 cm³/mol. The summed E-state index contributed by atoms with van der Waals surface area (Å²) < 4.78 is 32.0. The van der Waals surface area contributed by atoms with E-state index in [0.717, 1.165) is 6.07 Å². The second-order valence-electron chi connectivity index (χ2n) is 4.24. The third-order valence-corrected chi connectivity index (χ3v) is 2.42. The Morgan fingerprint density at radius 3 is 2.80 bits per heavy atom. The van der Waals surface area contributed by atoms with E-state index in [1.165, 1.54) is 0 Å². The van der Waals surface area contributed by atoms with E-state index in [1.807, 2.05) is 0 Å². The number of hydrogen-bond donors (Lipinski definition) is 1. The van der Waals surface area contributed by atoms with Crippen molar-refractivity contribution in [2.45, 2.75) is 19.4 Å². The summed E-state index contributed by atoms with van der Waals surface area (Å²) in [7, 11) is 0. The lowest BCUT2D eigenvalue weighted by atomic mass is 10.1. The second-order valence-corrected chi connectivity index (χ2v) is 4.24. The van der Waals surface area contributed by atoms with Crippen LogP contribution in [-0.2, 0) is 6.42 Å². The first-order chi connectivity index (χ1) is 9.38. The monoisotopic (exact) mass is 284 g/mol. The smallest absolute Gasteiger partial charge is 0.308 e. The number of halogens is 2. The van der Waals surface area contributed by atoms with E-state index in [0.29, 0.717) is 6.07 Å². The second kappa shape index (κ2) is 5.29. The van der Waals surface area contributed by atoms with Crippen molar-refractivity contribution in [2.24, 2.45) is 5.73 Å². The van der Waals surface area contributed by atoms with Crippen LogP contribution in [0.2, 0.25) is 0 Å². The zero-order valence-electron chi connectivity index (χ0n) is 10.3. The lowest BCUT2D eigenvalue weighted by molar-refractivity contribution is -0.387. The Labute approximate surface area is 111 Å². The van der Waals surface area contributed by atoms with Gasteiger partial charge in [0.25, 0.3) is 5.89 Å². The maximum Gasteiger partial charge on any atom is 0.308 e. The topological polar surface area (TPSA) is 108 Å². The zero-order chi connectivity index (χ0) is 14.9. The first kappa shape index (κ1) is 14.0. The lowest BCUT2D eigenvalue weighted by Gasteiger charge is -1.99. The molecule has 1 unspecified atom stereocenters. The third-order valence-electron chi connectivity index (χ3n) is 2.42. The van der Waals surface area contributed by atoms with E-state index in [-0.39, 0.29) is 24.2 Å². The highest BCUT2D eigenvalue weighted by Crippen LogP contribution is 2.29. The quantitative estimate of drug-likeness (QED) is 0.677. The molecule has 0 saturated carbocycles. The summed E-state index contributed by atoms with van der Waals surface area (Å²) in [5, 5.41) is 14.2. The van der Waals surface area contributed by atoms with E-state index in [4.69, 9.17) is 10.3 Å². The largest absolute Gasteiger partial charge is 0.334 e. The van der Waals surface area contributed by atoms with E-state index < -0.39 is 27.8 Å². The fourth-order valence-corrected chi connectivity index (χ4v) is 1.60. The van der Waals surface area contributed by atoms with Gasteiger partial charge in [-0.25, -0.2) is 4.39 Å². The number of rotatable bonds is 4. The minimum Gasteiger partial charge on any atom is -0.334 e. The molecule has 0 saturated heterocycles. The molecule has 0 bridgehead atoms. The highest BCUT2D eigenvalue weighted by molar-refractivity contribution is 5.59. The maximum absolute atomic E-state index is 13.9. The minimum absolute atomic E-state index is 0.210. The molecule has 2 aromatic rings. The molecule has 1 aromatic heterocycles. The van der Waals surface area contributed by atoms with Crippen molar-refractivity contribution in [3.8, 4) is 11.5 Å². The third kappa shape index (κ3) is 2.77. The van der Waals surface area contributed by atoms with Gasteiger partial charge in [0, 0.05) is 12.5 Å². The van der Waals surface area contributed by atoms with Crippen LogP contribution in [-0.4, -0.2) is 21.1 Å². The molecule has 20 heavy (non-hydrogen) atoms.